The number of ether oxygens (including phenoxy) is 1. The molecule has 0 saturated heterocycles. The molecule has 2 rings (SSSR count). The van der Waals surface area contributed by atoms with Gasteiger partial charge in [0.15, 0.2) is 0 Å². The van der Waals surface area contributed by atoms with Crippen LogP contribution in [0, 0.1) is 6.92 Å². The van der Waals surface area contributed by atoms with E-state index in [1.54, 1.807) is 7.05 Å². The molecule has 112 valence electrons. The van der Waals surface area contributed by atoms with Crippen LogP contribution in [0.5, 0.6) is 5.75 Å². The minimum atomic E-state index is -0.362. The first-order chi connectivity index (χ1) is 9.93. The Morgan fingerprint density at radius 3 is 2.57 bits per heavy atom. The van der Waals surface area contributed by atoms with Crippen LogP contribution in [-0.4, -0.2) is 14.1 Å². The summed E-state index contributed by atoms with van der Waals surface area (Å²) >= 11 is 0. The van der Waals surface area contributed by atoms with Crippen molar-refractivity contribution in [3.05, 3.63) is 56.1 Å². The topological polar surface area (TPSA) is 66.1 Å². The molecular weight excluding hydrogens is 270 g/mol. The lowest BCUT2D eigenvalue weighted by Crippen LogP contribution is -2.38. The zero-order chi connectivity index (χ0) is 15.6. The normalized spacial score (nSPS) is 10.7. The van der Waals surface area contributed by atoms with E-state index < -0.39 is 0 Å². The van der Waals surface area contributed by atoms with Crippen LogP contribution in [0.1, 0.15) is 24.0 Å². The van der Waals surface area contributed by atoms with Gasteiger partial charge < -0.3 is 4.74 Å². The van der Waals surface area contributed by atoms with Crippen LogP contribution in [0.15, 0.2) is 27.8 Å². The van der Waals surface area contributed by atoms with Gasteiger partial charge in [0.1, 0.15) is 12.4 Å². The fourth-order valence-corrected chi connectivity index (χ4v) is 2.05. The summed E-state index contributed by atoms with van der Waals surface area (Å²) in [5.41, 5.74) is 1.63. The first kappa shape index (κ1) is 15.0. The minimum absolute atomic E-state index is 0.152. The van der Waals surface area contributed by atoms with Crippen LogP contribution in [0.3, 0.4) is 0 Å². The van der Waals surface area contributed by atoms with Crippen molar-refractivity contribution in [1.29, 1.82) is 0 Å². The second kappa shape index (κ2) is 5.95. The van der Waals surface area contributed by atoms with Crippen LogP contribution in [-0.2, 0) is 27.1 Å². The fraction of sp³-hybridized carbons (Fsp3) is 0.400. The van der Waals surface area contributed by atoms with Crippen LogP contribution < -0.4 is 16.0 Å². The molecule has 0 bridgehead atoms. The largest absolute Gasteiger partial charge is 0.485 e. The Morgan fingerprint density at radius 1 is 1.19 bits per heavy atom. The Kier molecular flexibility index (Phi) is 4.26. The van der Waals surface area contributed by atoms with Gasteiger partial charge in [-0.15, -0.1) is 0 Å². The highest BCUT2D eigenvalue weighted by atomic mass is 16.5. The first-order valence-electron chi connectivity index (χ1n) is 6.79. The van der Waals surface area contributed by atoms with Gasteiger partial charge in [-0.2, -0.15) is 0 Å². The summed E-state index contributed by atoms with van der Waals surface area (Å²) in [7, 11) is 3.07. The van der Waals surface area contributed by atoms with Gasteiger partial charge in [-0.1, -0.05) is 6.92 Å². The van der Waals surface area contributed by atoms with E-state index in [1.807, 2.05) is 26.0 Å². The fourth-order valence-electron chi connectivity index (χ4n) is 2.05. The summed E-state index contributed by atoms with van der Waals surface area (Å²) < 4.78 is 8.20. The maximum absolute atomic E-state index is 11.8. The second-order valence-electron chi connectivity index (χ2n) is 4.91. The summed E-state index contributed by atoms with van der Waals surface area (Å²) in [6, 6.07) is 5.15. The molecule has 6 heteroatoms. The monoisotopic (exact) mass is 289 g/mol. The Bertz CT molecular complexity index is 775. The molecule has 0 atom stereocenters. The minimum Gasteiger partial charge on any atom is -0.485 e. The predicted molar refractivity (Wildman–Crippen MR) is 79.6 cm³/mol. The molecular formula is C15H19N3O3. The van der Waals surface area contributed by atoms with E-state index in [0.717, 1.165) is 22.4 Å². The predicted octanol–water partition coefficient (Wildman–Crippen LogP) is 0.929. The number of pyridine rings is 1. The van der Waals surface area contributed by atoms with Gasteiger partial charge in [0.25, 0.3) is 5.56 Å². The lowest BCUT2D eigenvalue weighted by Gasteiger charge is -2.13. The first-order valence-corrected chi connectivity index (χ1v) is 6.79. The summed E-state index contributed by atoms with van der Waals surface area (Å²) in [6.07, 6.45) is 0.756. The smallest absolute Gasteiger partial charge is 0.330 e. The zero-order valence-electron chi connectivity index (χ0n) is 12.7. The van der Waals surface area contributed by atoms with Gasteiger partial charge in [0.05, 0.1) is 11.4 Å². The Hall–Kier alpha value is -2.37. The van der Waals surface area contributed by atoms with Crippen molar-refractivity contribution in [2.45, 2.75) is 26.9 Å². The summed E-state index contributed by atoms with van der Waals surface area (Å²) in [5.74, 6) is 0.677. The molecule has 0 spiro atoms. The number of aromatic nitrogens is 3. The van der Waals surface area contributed by atoms with Crippen molar-refractivity contribution < 1.29 is 4.74 Å². The van der Waals surface area contributed by atoms with Gasteiger partial charge in [-0.05, 0) is 25.5 Å². The molecule has 0 fully saturated rings. The molecule has 2 heterocycles. The summed E-state index contributed by atoms with van der Waals surface area (Å²) in [6.45, 7) is 4.08. The van der Waals surface area contributed by atoms with Gasteiger partial charge in [-0.3, -0.25) is 18.9 Å². The molecule has 0 N–H and O–H groups in total. The van der Waals surface area contributed by atoms with Gasteiger partial charge >= 0.3 is 5.69 Å². The quantitative estimate of drug-likeness (QED) is 0.840. The van der Waals surface area contributed by atoms with E-state index in [1.165, 1.54) is 17.7 Å². The lowest BCUT2D eigenvalue weighted by atomic mass is 10.2. The zero-order valence-corrected chi connectivity index (χ0v) is 12.7. The molecule has 0 aliphatic rings. The van der Waals surface area contributed by atoms with Crippen LogP contribution in [0.2, 0.25) is 0 Å². The van der Waals surface area contributed by atoms with Crippen molar-refractivity contribution in [3.63, 3.8) is 0 Å². The lowest BCUT2D eigenvalue weighted by molar-refractivity contribution is 0.289. The summed E-state index contributed by atoms with van der Waals surface area (Å²) in [4.78, 5) is 27.9. The molecule has 0 radical (unpaired) electrons. The molecule has 0 amide bonds. The third kappa shape index (κ3) is 3.04. The highest BCUT2D eigenvalue weighted by Crippen LogP contribution is 2.18. The van der Waals surface area contributed by atoms with Crippen LogP contribution >= 0.6 is 0 Å². The number of hydrogen-bond donors (Lipinski definition) is 0. The summed E-state index contributed by atoms with van der Waals surface area (Å²) in [5, 5.41) is 0. The standard InChI is InChI=1S/C15H19N3O3/c1-5-12-13(7-6-10(2)16-12)21-9-11-8-14(19)18(4)15(20)17(11)3/h6-8H,5,9H2,1-4H3. The van der Waals surface area contributed by atoms with E-state index in [9.17, 15) is 9.59 Å². The van der Waals surface area contributed by atoms with Crippen LogP contribution in [0.4, 0.5) is 0 Å². The molecule has 6 nitrogen and oxygen atoms in total. The second-order valence-corrected chi connectivity index (χ2v) is 4.91. The van der Waals surface area contributed by atoms with Crippen molar-refractivity contribution in [1.82, 2.24) is 14.1 Å². The highest BCUT2D eigenvalue weighted by Gasteiger charge is 2.09. The van der Waals surface area contributed by atoms with Gasteiger partial charge in [0, 0.05) is 25.9 Å². The Labute approximate surface area is 122 Å². The Balaban J connectivity index is 2.29. The van der Waals surface area contributed by atoms with E-state index in [4.69, 9.17) is 4.74 Å². The Morgan fingerprint density at radius 2 is 1.90 bits per heavy atom. The number of rotatable bonds is 4. The molecule has 0 aromatic carbocycles. The maximum atomic E-state index is 11.8. The average Bonchev–Trinajstić information content (AvgIpc) is 2.48. The third-order valence-electron chi connectivity index (χ3n) is 3.41. The van der Waals surface area contributed by atoms with E-state index in [2.05, 4.69) is 4.98 Å². The van der Waals surface area contributed by atoms with Crippen LogP contribution in [0.25, 0.3) is 0 Å². The number of nitrogens with zero attached hydrogens (tertiary/aromatic N) is 3. The van der Waals surface area contributed by atoms with E-state index in [0.29, 0.717) is 11.4 Å². The molecule has 0 aliphatic carbocycles. The molecule has 2 aromatic heterocycles. The van der Waals surface area contributed by atoms with Crippen molar-refractivity contribution in [2.75, 3.05) is 0 Å². The van der Waals surface area contributed by atoms with Crippen molar-refractivity contribution in [2.24, 2.45) is 14.1 Å². The molecule has 2 aromatic rings. The highest BCUT2D eigenvalue weighted by molar-refractivity contribution is 5.29. The average molecular weight is 289 g/mol. The number of aryl methyl sites for hydroxylation is 2. The van der Waals surface area contributed by atoms with Gasteiger partial charge in [-0.25, -0.2) is 4.79 Å². The van der Waals surface area contributed by atoms with Gasteiger partial charge in [0.2, 0.25) is 0 Å². The molecule has 21 heavy (non-hydrogen) atoms. The SMILES string of the molecule is CCc1nc(C)ccc1OCc1cc(=O)n(C)c(=O)n1C. The van der Waals surface area contributed by atoms with Crippen molar-refractivity contribution >= 4 is 0 Å². The van der Waals surface area contributed by atoms with Crippen molar-refractivity contribution in [3.8, 4) is 5.75 Å². The maximum Gasteiger partial charge on any atom is 0.330 e. The number of hydrogen-bond acceptors (Lipinski definition) is 4. The van der Waals surface area contributed by atoms with E-state index >= 15 is 0 Å². The molecule has 0 aliphatic heterocycles. The molecule has 0 saturated carbocycles. The molecule has 0 unspecified atom stereocenters. The third-order valence-corrected chi connectivity index (χ3v) is 3.41. The van der Waals surface area contributed by atoms with E-state index in [-0.39, 0.29) is 17.9 Å².